The highest BCUT2D eigenvalue weighted by molar-refractivity contribution is 5.16. The van der Waals surface area contributed by atoms with Gasteiger partial charge in [0, 0.05) is 0 Å². The first-order chi connectivity index (χ1) is 6.77. The summed E-state index contributed by atoms with van der Waals surface area (Å²) in [4.78, 5) is 0. The zero-order chi connectivity index (χ0) is 9.97. The van der Waals surface area contributed by atoms with Gasteiger partial charge in [-0.25, -0.2) is 0 Å². The molecule has 2 atom stereocenters. The molecule has 1 heteroatoms. The van der Waals surface area contributed by atoms with Gasteiger partial charge in [0.2, 0.25) is 0 Å². The minimum absolute atomic E-state index is 0.332. The molecule has 0 unspecified atom stereocenters. The van der Waals surface area contributed by atoms with Crippen molar-refractivity contribution in [1.82, 2.24) is 0 Å². The van der Waals surface area contributed by atoms with Gasteiger partial charge in [0.15, 0.2) is 0 Å². The molecule has 1 aromatic rings. The van der Waals surface area contributed by atoms with Gasteiger partial charge in [0.1, 0.15) is 6.10 Å². The van der Waals surface area contributed by atoms with Crippen LogP contribution in [0.3, 0.4) is 0 Å². The summed E-state index contributed by atoms with van der Waals surface area (Å²) >= 11 is 0. The normalized spacial score (nSPS) is 24.6. The van der Waals surface area contributed by atoms with Crippen LogP contribution in [-0.2, 0) is 11.2 Å². The summed E-state index contributed by atoms with van der Waals surface area (Å²) in [5.41, 5.74) is 2.55. The van der Waals surface area contributed by atoms with E-state index in [2.05, 4.69) is 30.8 Å². The van der Waals surface area contributed by atoms with Crippen LogP contribution in [0.2, 0.25) is 0 Å². The maximum Gasteiger partial charge on any atom is 0.105 e. The van der Waals surface area contributed by atoms with Crippen LogP contribution >= 0.6 is 0 Å². The average Bonchev–Trinajstić information content (AvgIpc) is 2.96. The quantitative estimate of drug-likeness (QED) is 0.522. The molecule has 0 bridgehead atoms. The van der Waals surface area contributed by atoms with Crippen molar-refractivity contribution < 1.29 is 4.74 Å². The summed E-state index contributed by atoms with van der Waals surface area (Å²) in [6.45, 7) is 5.93. The van der Waals surface area contributed by atoms with Crippen molar-refractivity contribution in [3.8, 4) is 0 Å². The molecule has 1 nitrogen and oxygen atoms in total. The monoisotopic (exact) mass is 188 g/mol. The number of benzene rings is 1. The Morgan fingerprint density at radius 1 is 1.36 bits per heavy atom. The SMILES string of the molecule is C=C(C)[C@H]1O[C@H]1CCc1ccccc1. The summed E-state index contributed by atoms with van der Waals surface area (Å²) < 4.78 is 5.50. The maximum atomic E-state index is 5.50. The number of hydrogen-bond acceptors (Lipinski definition) is 1. The van der Waals surface area contributed by atoms with E-state index in [1.54, 1.807) is 0 Å². The van der Waals surface area contributed by atoms with E-state index in [4.69, 9.17) is 4.74 Å². The highest BCUT2D eigenvalue weighted by Crippen LogP contribution is 2.31. The van der Waals surface area contributed by atoms with E-state index in [0.717, 1.165) is 18.4 Å². The fraction of sp³-hybridized carbons (Fsp3) is 0.385. The number of epoxide rings is 1. The third-order valence-corrected chi connectivity index (χ3v) is 2.63. The smallest absolute Gasteiger partial charge is 0.105 e. The molecule has 1 aliphatic heterocycles. The summed E-state index contributed by atoms with van der Waals surface area (Å²) in [5.74, 6) is 0. The zero-order valence-corrected chi connectivity index (χ0v) is 8.57. The molecule has 1 fully saturated rings. The van der Waals surface area contributed by atoms with E-state index in [9.17, 15) is 0 Å². The average molecular weight is 188 g/mol. The first-order valence-electron chi connectivity index (χ1n) is 5.12. The Bertz CT molecular complexity index is 315. The van der Waals surface area contributed by atoms with Crippen molar-refractivity contribution in [3.63, 3.8) is 0 Å². The largest absolute Gasteiger partial charge is 0.365 e. The van der Waals surface area contributed by atoms with Crippen LogP contribution in [0.1, 0.15) is 18.9 Å². The Morgan fingerprint density at radius 2 is 2.07 bits per heavy atom. The first-order valence-corrected chi connectivity index (χ1v) is 5.12. The van der Waals surface area contributed by atoms with Crippen LogP contribution in [0.4, 0.5) is 0 Å². The van der Waals surface area contributed by atoms with Crippen LogP contribution in [-0.4, -0.2) is 12.2 Å². The molecule has 0 spiro atoms. The molecule has 0 radical (unpaired) electrons. The lowest BCUT2D eigenvalue weighted by Gasteiger charge is -1.97. The van der Waals surface area contributed by atoms with Crippen molar-refractivity contribution in [2.24, 2.45) is 0 Å². The van der Waals surface area contributed by atoms with Gasteiger partial charge >= 0.3 is 0 Å². The maximum absolute atomic E-state index is 5.50. The summed E-state index contributed by atoms with van der Waals surface area (Å²) in [6, 6.07) is 10.5. The second kappa shape index (κ2) is 3.97. The molecular weight excluding hydrogens is 172 g/mol. The Balaban J connectivity index is 1.77. The molecule has 0 aliphatic carbocycles. The van der Waals surface area contributed by atoms with Gasteiger partial charge in [0.25, 0.3) is 0 Å². The van der Waals surface area contributed by atoms with Gasteiger partial charge in [-0.15, -0.1) is 0 Å². The van der Waals surface area contributed by atoms with Gasteiger partial charge < -0.3 is 4.74 Å². The Kier molecular flexibility index (Phi) is 2.69. The second-order valence-corrected chi connectivity index (χ2v) is 3.97. The summed E-state index contributed by atoms with van der Waals surface area (Å²) in [5, 5.41) is 0. The van der Waals surface area contributed by atoms with E-state index in [1.165, 1.54) is 5.56 Å². The van der Waals surface area contributed by atoms with E-state index >= 15 is 0 Å². The van der Waals surface area contributed by atoms with Crippen LogP contribution < -0.4 is 0 Å². The van der Waals surface area contributed by atoms with Gasteiger partial charge in [-0.1, -0.05) is 36.9 Å². The topological polar surface area (TPSA) is 12.5 Å². The van der Waals surface area contributed by atoms with Crippen molar-refractivity contribution in [2.45, 2.75) is 32.0 Å². The number of aryl methyl sites for hydroxylation is 1. The molecule has 1 heterocycles. The lowest BCUT2D eigenvalue weighted by molar-refractivity contribution is 0.375. The number of rotatable bonds is 4. The summed E-state index contributed by atoms with van der Waals surface area (Å²) in [6.07, 6.45) is 2.98. The Labute approximate surface area is 85.4 Å². The molecule has 0 N–H and O–H groups in total. The van der Waals surface area contributed by atoms with Crippen LogP contribution in [0.25, 0.3) is 0 Å². The third kappa shape index (κ3) is 2.24. The molecule has 1 aliphatic rings. The first kappa shape index (κ1) is 9.47. The van der Waals surface area contributed by atoms with Crippen molar-refractivity contribution in [1.29, 1.82) is 0 Å². The molecular formula is C13H16O. The molecule has 1 aromatic carbocycles. The lowest BCUT2D eigenvalue weighted by Crippen LogP contribution is -1.96. The molecule has 14 heavy (non-hydrogen) atoms. The van der Waals surface area contributed by atoms with E-state index in [1.807, 2.05) is 13.0 Å². The fourth-order valence-electron chi connectivity index (χ4n) is 1.75. The predicted molar refractivity (Wildman–Crippen MR) is 58.2 cm³/mol. The van der Waals surface area contributed by atoms with Gasteiger partial charge in [-0.3, -0.25) is 0 Å². The number of ether oxygens (including phenoxy) is 1. The summed E-state index contributed by atoms with van der Waals surface area (Å²) in [7, 11) is 0. The van der Waals surface area contributed by atoms with Crippen molar-refractivity contribution >= 4 is 0 Å². The van der Waals surface area contributed by atoms with Crippen LogP contribution in [0.15, 0.2) is 42.5 Å². The molecule has 1 saturated heterocycles. The Morgan fingerprint density at radius 3 is 2.64 bits per heavy atom. The minimum atomic E-state index is 0.332. The molecule has 74 valence electrons. The zero-order valence-electron chi connectivity index (χ0n) is 8.57. The van der Waals surface area contributed by atoms with Gasteiger partial charge in [-0.05, 0) is 30.9 Å². The molecule has 2 rings (SSSR count). The van der Waals surface area contributed by atoms with E-state index < -0.39 is 0 Å². The van der Waals surface area contributed by atoms with Crippen molar-refractivity contribution in [2.75, 3.05) is 0 Å². The molecule has 0 amide bonds. The highest BCUT2D eigenvalue weighted by Gasteiger charge is 2.38. The second-order valence-electron chi connectivity index (χ2n) is 3.97. The van der Waals surface area contributed by atoms with E-state index in [-0.39, 0.29) is 0 Å². The van der Waals surface area contributed by atoms with Crippen molar-refractivity contribution in [3.05, 3.63) is 48.0 Å². The predicted octanol–water partition coefficient (Wildman–Crippen LogP) is 2.96. The molecule has 0 saturated carbocycles. The van der Waals surface area contributed by atoms with E-state index in [0.29, 0.717) is 12.2 Å². The Hall–Kier alpha value is -1.08. The van der Waals surface area contributed by atoms with Crippen LogP contribution in [0, 0.1) is 0 Å². The third-order valence-electron chi connectivity index (χ3n) is 2.63. The molecule has 0 aromatic heterocycles. The number of hydrogen-bond donors (Lipinski definition) is 0. The minimum Gasteiger partial charge on any atom is -0.365 e. The highest BCUT2D eigenvalue weighted by atomic mass is 16.6. The fourth-order valence-corrected chi connectivity index (χ4v) is 1.75. The van der Waals surface area contributed by atoms with Gasteiger partial charge in [0.05, 0.1) is 6.10 Å². The lowest BCUT2D eigenvalue weighted by atomic mass is 10.1. The standard InChI is InChI=1S/C13H16O/c1-10(2)13-12(14-13)9-8-11-6-4-3-5-7-11/h3-7,12-13H,1,8-9H2,2H3/t12-,13+/m0/s1. The van der Waals surface area contributed by atoms with Crippen LogP contribution in [0.5, 0.6) is 0 Å². The van der Waals surface area contributed by atoms with Gasteiger partial charge in [-0.2, -0.15) is 0 Å².